The number of azo groups is 2. The first-order valence-electron chi connectivity index (χ1n) is 12.0. The molecule has 0 unspecified atom stereocenters. The summed E-state index contributed by atoms with van der Waals surface area (Å²) in [4.78, 5) is 10.9. The molecule has 8 nitrogen and oxygen atoms in total. The maximum absolute atomic E-state index is 11.4. The highest BCUT2D eigenvalue weighted by Gasteiger charge is 2.19. The van der Waals surface area contributed by atoms with Crippen molar-refractivity contribution in [2.24, 2.45) is 32.3 Å². The van der Waals surface area contributed by atoms with Crippen molar-refractivity contribution in [3.63, 3.8) is 0 Å². The van der Waals surface area contributed by atoms with E-state index in [4.69, 9.17) is 4.74 Å². The lowest BCUT2D eigenvalue weighted by molar-refractivity contribution is -0.384. The van der Waals surface area contributed by atoms with E-state index in [0.29, 0.717) is 34.9 Å². The van der Waals surface area contributed by atoms with Crippen LogP contribution in [0.4, 0.5) is 28.4 Å². The number of nitro benzene ring substituents is 1. The fraction of sp³-hybridized carbons (Fsp3) is 0.357. The average molecular weight is 488 g/mol. The van der Waals surface area contributed by atoms with E-state index in [-0.39, 0.29) is 11.4 Å². The summed E-state index contributed by atoms with van der Waals surface area (Å²) in [7, 11) is 1.54. The third-order valence-corrected chi connectivity index (χ3v) is 6.08. The second-order valence-corrected chi connectivity index (χ2v) is 9.57. The molecule has 8 heteroatoms. The van der Waals surface area contributed by atoms with Gasteiger partial charge in [0.15, 0.2) is 5.69 Å². The number of hydrogen-bond donors (Lipinski definition) is 0. The molecule has 0 spiro atoms. The van der Waals surface area contributed by atoms with Gasteiger partial charge in [0.25, 0.3) is 5.69 Å². The second kappa shape index (κ2) is 11.7. The average Bonchev–Trinajstić information content (AvgIpc) is 2.83. The number of benzene rings is 3. The van der Waals surface area contributed by atoms with Crippen LogP contribution in [0.25, 0.3) is 0 Å². The Labute approximate surface area is 212 Å². The molecule has 0 aliphatic heterocycles. The first-order chi connectivity index (χ1) is 17.1. The summed E-state index contributed by atoms with van der Waals surface area (Å²) in [5.74, 6) is 2.07. The quantitative estimate of drug-likeness (QED) is 0.170. The van der Waals surface area contributed by atoms with Gasteiger partial charge in [-0.15, -0.1) is 15.3 Å². The van der Waals surface area contributed by atoms with Gasteiger partial charge < -0.3 is 4.74 Å². The van der Waals surface area contributed by atoms with Crippen LogP contribution in [0.15, 0.2) is 75.1 Å². The van der Waals surface area contributed by atoms with E-state index in [1.165, 1.54) is 11.6 Å². The smallest absolute Gasteiger partial charge is 0.296 e. The zero-order chi connectivity index (χ0) is 26.4. The fourth-order valence-electron chi connectivity index (χ4n) is 4.40. The van der Waals surface area contributed by atoms with Crippen molar-refractivity contribution in [2.75, 3.05) is 7.11 Å². The minimum atomic E-state index is -0.462. The Bertz CT molecular complexity index is 1270. The van der Waals surface area contributed by atoms with E-state index >= 15 is 0 Å². The summed E-state index contributed by atoms with van der Waals surface area (Å²) in [6.07, 6.45) is 0. The molecule has 0 aliphatic carbocycles. The summed E-state index contributed by atoms with van der Waals surface area (Å²) >= 11 is 0. The van der Waals surface area contributed by atoms with Gasteiger partial charge in [0.1, 0.15) is 11.4 Å². The van der Waals surface area contributed by atoms with Crippen LogP contribution < -0.4 is 4.74 Å². The normalized spacial score (nSPS) is 11.9. The van der Waals surface area contributed by atoms with E-state index < -0.39 is 4.92 Å². The van der Waals surface area contributed by atoms with Gasteiger partial charge in [-0.2, -0.15) is 5.11 Å². The maximum Gasteiger partial charge on any atom is 0.296 e. The van der Waals surface area contributed by atoms with Gasteiger partial charge in [-0.05, 0) is 72.6 Å². The first-order valence-corrected chi connectivity index (χ1v) is 12.0. The number of nitrogens with zero attached hydrogens (tertiary/aromatic N) is 5. The lowest BCUT2D eigenvalue weighted by Gasteiger charge is -2.25. The summed E-state index contributed by atoms with van der Waals surface area (Å²) in [5, 5.41) is 28.5. The van der Waals surface area contributed by atoms with Crippen molar-refractivity contribution in [3.8, 4) is 5.75 Å². The van der Waals surface area contributed by atoms with Gasteiger partial charge >= 0.3 is 0 Å². The Balaban J connectivity index is 1.85. The Morgan fingerprint density at radius 2 is 1.39 bits per heavy atom. The molecule has 0 saturated heterocycles. The van der Waals surface area contributed by atoms with Gasteiger partial charge in [0, 0.05) is 12.1 Å². The zero-order valence-corrected chi connectivity index (χ0v) is 21.9. The highest BCUT2D eigenvalue weighted by atomic mass is 16.6. The van der Waals surface area contributed by atoms with Crippen LogP contribution in [0.1, 0.15) is 50.3 Å². The molecule has 0 N–H and O–H groups in total. The SMILES string of the molecule is COc1cc(N=Nc2ccc(C)cc2[N+](=O)[O-])c(C)cc1N=Nc1ccc(C(C(C)C)C(C)C)cc1. The Kier molecular flexibility index (Phi) is 8.64. The van der Waals surface area contributed by atoms with Crippen molar-refractivity contribution in [1.82, 2.24) is 0 Å². The molecule has 3 rings (SSSR count). The van der Waals surface area contributed by atoms with Gasteiger partial charge in [-0.3, -0.25) is 10.1 Å². The zero-order valence-electron chi connectivity index (χ0n) is 21.9. The van der Waals surface area contributed by atoms with E-state index in [1.54, 1.807) is 32.2 Å². The molecule has 0 saturated carbocycles. The number of nitro groups is 1. The molecule has 3 aromatic carbocycles. The topological polar surface area (TPSA) is 102 Å². The monoisotopic (exact) mass is 487 g/mol. The van der Waals surface area contributed by atoms with Crippen LogP contribution in [-0.2, 0) is 0 Å². The van der Waals surface area contributed by atoms with Crippen LogP contribution in [0.2, 0.25) is 0 Å². The molecule has 0 amide bonds. The van der Waals surface area contributed by atoms with Crippen molar-refractivity contribution in [2.45, 2.75) is 47.5 Å². The van der Waals surface area contributed by atoms with E-state index in [0.717, 1.165) is 16.8 Å². The molecule has 3 aromatic rings. The van der Waals surface area contributed by atoms with Crippen LogP contribution in [0.3, 0.4) is 0 Å². The summed E-state index contributed by atoms with van der Waals surface area (Å²) in [6.45, 7) is 12.6. The standard InChI is InChI=1S/C28H33N5O3/c1-17(2)28(18(3)4)21-9-11-22(12-10-21)29-32-25-15-20(6)24(16-27(25)36-7)31-30-23-13-8-19(5)14-26(23)33(34)35/h8-18,28H,1-7H3. The molecular weight excluding hydrogens is 454 g/mol. The van der Waals surface area contributed by atoms with Crippen molar-refractivity contribution in [1.29, 1.82) is 0 Å². The molecule has 0 radical (unpaired) electrons. The minimum absolute atomic E-state index is 0.0899. The van der Waals surface area contributed by atoms with Crippen LogP contribution in [-0.4, -0.2) is 12.0 Å². The Hall–Kier alpha value is -3.94. The number of hydrogen-bond acceptors (Lipinski definition) is 7. The second-order valence-electron chi connectivity index (χ2n) is 9.57. The van der Waals surface area contributed by atoms with Crippen LogP contribution in [0, 0.1) is 35.8 Å². The van der Waals surface area contributed by atoms with Gasteiger partial charge in [-0.25, -0.2) is 0 Å². The van der Waals surface area contributed by atoms with E-state index in [9.17, 15) is 10.1 Å². The fourth-order valence-corrected chi connectivity index (χ4v) is 4.40. The third-order valence-electron chi connectivity index (χ3n) is 6.08. The molecule has 0 fully saturated rings. The van der Waals surface area contributed by atoms with Gasteiger partial charge in [-0.1, -0.05) is 45.9 Å². The number of methoxy groups -OCH3 is 1. The first kappa shape index (κ1) is 26.7. The van der Waals surface area contributed by atoms with Gasteiger partial charge in [0.05, 0.1) is 23.4 Å². The molecule has 0 aromatic heterocycles. The molecule has 36 heavy (non-hydrogen) atoms. The molecular formula is C28H33N5O3. The van der Waals surface area contributed by atoms with Crippen molar-refractivity contribution < 1.29 is 9.66 Å². The van der Waals surface area contributed by atoms with E-state index in [1.807, 2.05) is 25.1 Å². The summed E-state index contributed by atoms with van der Waals surface area (Å²) in [5.41, 5.74) is 4.80. The summed E-state index contributed by atoms with van der Waals surface area (Å²) in [6, 6.07) is 16.5. The Morgan fingerprint density at radius 1 is 0.778 bits per heavy atom. The predicted molar refractivity (Wildman–Crippen MR) is 143 cm³/mol. The van der Waals surface area contributed by atoms with Crippen molar-refractivity contribution >= 4 is 28.4 Å². The minimum Gasteiger partial charge on any atom is -0.494 e. The molecule has 0 heterocycles. The molecule has 188 valence electrons. The highest BCUT2D eigenvalue weighted by molar-refractivity contribution is 5.64. The number of aryl methyl sites for hydroxylation is 2. The summed E-state index contributed by atoms with van der Waals surface area (Å²) < 4.78 is 5.50. The molecule has 0 atom stereocenters. The number of rotatable bonds is 9. The highest BCUT2D eigenvalue weighted by Crippen LogP contribution is 2.38. The third kappa shape index (κ3) is 6.38. The van der Waals surface area contributed by atoms with Crippen LogP contribution in [0.5, 0.6) is 5.75 Å². The van der Waals surface area contributed by atoms with Crippen LogP contribution >= 0.6 is 0 Å². The largest absolute Gasteiger partial charge is 0.494 e. The molecule has 0 aliphatic rings. The van der Waals surface area contributed by atoms with Gasteiger partial charge in [0.2, 0.25) is 0 Å². The predicted octanol–water partition coefficient (Wildman–Crippen LogP) is 9.45. The Morgan fingerprint density at radius 3 is 1.97 bits per heavy atom. The molecule has 0 bridgehead atoms. The number of ether oxygens (including phenoxy) is 1. The van der Waals surface area contributed by atoms with Crippen molar-refractivity contribution in [3.05, 3.63) is 81.4 Å². The maximum atomic E-state index is 11.4. The lowest BCUT2D eigenvalue weighted by Crippen LogP contribution is -2.13. The van der Waals surface area contributed by atoms with E-state index in [2.05, 4.69) is 60.3 Å². The lowest BCUT2D eigenvalue weighted by atomic mass is 9.80.